The molecule has 0 atom stereocenters. The summed E-state index contributed by atoms with van der Waals surface area (Å²) >= 11 is 6.39. The number of nitrogens with one attached hydrogen (secondary N) is 1. The molecule has 1 aliphatic rings. The number of ether oxygens (including phenoxy) is 1. The third-order valence-corrected chi connectivity index (χ3v) is 5.79. The maximum Gasteiger partial charge on any atom is 0.335 e. The van der Waals surface area contributed by atoms with Crippen LogP contribution in [0.2, 0.25) is 5.02 Å². The minimum absolute atomic E-state index is 0.158. The second-order valence-corrected chi connectivity index (χ2v) is 8.31. The van der Waals surface area contributed by atoms with E-state index in [2.05, 4.69) is 5.32 Å². The quantitative estimate of drug-likeness (QED) is 0.380. The van der Waals surface area contributed by atoms with Crippen LogP contribution < -0.4 is 15.0 Å². The molecule has 3 aromatic carbocycles. The van der Waals surface area contributed by atoms with Crippen molar-refractivity contribution in [2.24, 2.45) is 0 Å². The molecule has 1 N–H and O–H groups in total. The third kappa shape index (κ3) is 4.87. The van der Waals surface area contributed by atoms with E-state index in [0.717, 1.165) is 16.0 Å². The highest BCUT2D eigenvalue weighted by Gasteiger charge is 2.37. The fraction of sp³-hybridized carbons (Fsp3) is 0.148. The third-order valence-electron chi connectivity index (χ3n) is 5.50. The van der Waals surface area contributed by atoms with Gasteiger partial charge < -0.3 is 4.74 Å². The maximum atomic E-state index is 13.2. The Morgan fingerprint density at radius 2 is 1.74 bits per heavy atom. The van der Waals surface area contributed by atoms with E-state index in [1.54, 1.807) is 30.3 Å². The number of imide groups is 2. The van der Waals surface area contributed by atoms with Gasteiger partial charge in [-0.2, -0.15) is 0 Å². The van der Waals surface area contributed by atoms with Crippen LogP contribution in [0.1, 0.15) is 29.2 Å². The first-order valence-corrected chi connectivity index (χ1v) is 11.2. The summed E-state index contributed by atoms with van der Waals surface area (Å²) in [4.78, 5) is 39.1. The minimum atomic E-state index is -0.772. The van der Waals surface area contributed by atoms with Crippen molar-refractivity contribution >= 4 is 41.2 Å². The second-order valence-electron chi connectivity index (χ2n) is 7.90. The van der Waals surface area contributed by atoms with Crippen molar-refractivity contribution in [3.63, 3.8) is 0 Å². The van der Waals surface area contributed by atoms with Crippen molar-refractivity contribution < 1.29 is 19.1 Å². The van der Waals surface area contributed by atoms with Crippen molar-refractivity contribution in [2.45, 2.75) is 26.9 Å². The molecule has 1 saturated heterocycles. The average Bonchev–Trinajstić information content (AvgIpc) is 2.82. The lowest BCUT2D eigenvalue weighted by molar-refractivity contribution is -0.122. The molecule has 1 heterocycles. The number of halogens is 1. The molecule has 1 aliphatic heterocycles. The Bertz CT molecular complexity index is 1300. The largest absolute Gasteiger partial charge is 0.487 e. The highest BCUT2D eigenvalue weighted by molar-refractivity contribution is 6.39. The van der Waals surface area contributed by atoms with Crippen LogP contribution in [0.5, 0.6) is 5.75 Å². The zero-order valence-corrected chi connectivity index (χ0v) is 19.6. The number of para-hydroxylation sites is 1. The number of carbonyl (C=O) groups excluding carboxylic acids is 3. The van der Waals surface area contributed by atoms with Crippen LogP contribution in [0.25, 0.3) is 6.08 Å². The molecule has 172 valence electrons. The monoisotopic (exact) mass is 474 g/mol. The molecule has 3 aromatic rings. The van der Waals surface area contributed by atoms with Crippen LogP contribution in [-0.4, -0.2) is 17.8 Å². The molecule has 0 aromatic heterocycles. The number of carbonyl (C=O) groups is 3. The molecular formula is C27H23ClN2O4. The van der Waals surface area contributed by atoms with Crippen LogP contribution in [0.4, 0.5) is 10.5 Å². The fourth-order valence-electron chi connectivity index (χ4n) is 3.64. The number of hydrogen-bond acceptors (Lipinski definition) is 4. The highest BCUT2D eigenvalue weighted by atomic mass is 35.5. The summed E-state index contributed by atoms with van der Waals surface area (Å²) < 4.78 is 5.81. The molecule has 0 radical (unpaired) electrons. The van der Waals surface area contributed by atoms with Gasteiger partial charge in [0.05, 0.1) is 10.7 Å². The second kappa shape index (κ2) is 9.93. The molecule has 0 saturated carbocycles. The summed E-state index contributed by atoms with van der Waals surface area (Å²) in [6.45, 7) is 4.30. The van der Waals surface area contributed by atoms with E-state index in [1.165, 1.54) is 11.6 Å². The smallest absolute Gasteiger partial charge is 0.335 e. The molecule has 0 bridgehead atoms. The van der Waals surface area contributed by atoms with Gasteiger partial charge >= 0.3 is 6.03 Å². The van der Waals surface area contributed by atoms with Gasteiger partial charge in [-0.15, -0.1) is 0 Å². The van der Waals surface area contributed by atoms with Gasteiger partial charge in [0, 0.05) is 0 Å². The maximum absolute atomic E-state index is 13.2. The van der Waals surface area contributed by atoms with Crippen molar-refractivity contribution in [3.05, 3.63) is 99.6 Å². The zero-order valence-electron chi connectivity index (χ0n) is 18.8. The Hall–Kier alpha value is -3.90. The minimum Gasteiger partial charge on any atom is -0.487 e. The number of amides is 4. The molecule has 0 unspecified atom stereocenters. The van der Waals surface area contributed by atoms with E-state index in [0.29, 0.717) is 35.1 Å². The summed E-state index contributed by atoms with van der Waals surface area (Å²) in [6, 6.07) is 19.3. The summed E-state index contributed by atoms with van der Waals surface area (Å²) in [7, 11) is 0. The summed E-state index contributed by atoms with van der Waals surface area (Å²) in [5.41, 5.74) is 3.81. The van der Waals surface area contributed by atoms with Crippen LogP contribution >= 0.6 is 11.6 Å². The lowest BCUT2D eigenvalue weighted by atomic mass is 10.0. The van der Waals surface area contributed by atoms with Gasteiger partial charge in [0.2, 0.25) is 0 Å². The topological polar surface area (TPSA) is 75.7 Å². The summed E-state index contributed by atoms with van der Waals surface area (Å²) in [6.07, 6.45) is 2.04. The van der Waals surface area contributed by atoms with E-state index in [-0.39, 0.29) is 5.57 Å². The Morgan fingerprint density at radius 1 is 1.00 bits per heavy atom. The van der Waals surface area contributed by atoms with Crippen molar-refractivity contribution in [1.29, 1.82) is 0 Å². The van der Waals surface area contributed by atoms with Crippen molar-refractivity contribution in [3.8, 4) is 5.75 Å². The normalized spacial score (nSPS) is 15.0. The average molecular weight is 475 g/mol. The van der Waals surface area contributed by atoms with Crippen molar-refractivity contribution in [1.82, 2.24) is 5.32 Å². The Balaban J connectivity index is 1.57. The Morgan fingerprint density at radius 3 is 2.44 bits per heavy atom. The van der Waals surface area contributed by atoms with Gasteiger partial charge in [0.15, 0.2) is 0 Å². The number of hydrogen-bond donors (Lipinski definition) is 1. The number of anilines is 1. The lowest BCUT2D eigenvalue weighted by Crippen LogP contribution is -2.54. The molecule has 0 aliphatic carbocycles. The lowest BCUT2D eigenvalue weighted by Gasteiger charge is -2.28. The number of urea groups is 1. The van der Waals surface area contributed by atoms with Crippen LogP contribution in [0.15, 0.2) is 72.3 Å². The van der Waals surface area contributed by atoms with E-state index in [1.807, 2.05) is 50.2 Å². The zero-order chi connectivity index (χ0) is 24.2. The Labute approximate surface area is 202 Å². The standard InChI is InChI=1S/C27H23ClN2O4/c1-3-20-6-4-5-7-23(20)30-26(32)21(25(31)29-27(30)33)14-19-12-13-24(22(28)15-19)34-16-18-10-8-17(2)9-11-18/h4-15H,3,16H2,1-2H3,(H,29,31,33)/b21-14-. The number of benzene rings is 3. The first-order valence-electron chi connectivity index (χ1n) is 10.8. The Kier molecular flexibility index (Phi) is 6.80. The van der Waals surface area contributed by atoms with Gasteiger partial charge in [0.25, 0.3) is 11.8 Å². The molecule has 0 spiro atoms. The first-order chi connectivity index (χ1) is 16.4. The molecular weight excluding hydrogens is 452 g/mol. The van der Waals surface area contributed by atoms with Gasteiger partial charge in [-0.25, -0.2) is 9.69 Å². The summed E-state index contributed by atoms with van der Waals surface area (Å²) in [5.74, 6) is -0.959. The van der Waals surface area contributed by atoms with Gasteiger partial charge in [-0.1, -0.05) is 72.6 Å². The fourth-order valence-corrected chi connectivity index (χ4v) is 3.88. The predicted octanol–water partition coefficient (Wildman–Crippen LogP) is 5.46. The van der Waals surface area contributed by atoms with Gasteiger partial charge in [-0.05, 0) is 54.3 Å². The SMILES string of the molecule is CCc1ccccc1N1C(=O)NC(=O)/C(=C/c2ccc(OCc3ccc(C)cc3)c(Cl)c2)C1=O. The number of nitrogens with zero attached hydrogens (tertiary/aromatic N) is 1. The van der Waals surface area contributed by atoms with E-state index >= 15 is 0 Å². The first kappa shape index (κ1) is 23.3. The summed E-state index contributed by atoms with van der Waals surface area (Å²) in [5, 5.41) is 2.59. The predicted molar refractivity (Wildman–Crippen MR) is 132 cm³/mol. The van der Waals surface area contributed by atoms with Crippen LogP contribution in [0.3, 0.4) is 0 Å². The molecule has 6 nitrogen and oxygen atoms in total. The van der Waals surface area contributed by atoms with Crippen LogP contribution in [-0.2, 0) is 22.6 Å². The van der Waals surface area contributed by atoms with E-state index in [9.17, 15) is 14.4 Å². The number of barbiturate groups is 1. The number of aryl methyl sites for hydroxylation is 2. The van der Waals surface area contributed by atoms with E-state index in [4.69, 9.17) is 16.3 Å². The highest BCUT2D eigenvalue weighted by Crippen LogP contribution is 2.29. The molecule has 34 heavy (non-hydrogen) atoms. The van der Waals surface area contributed by atoms with Crippen molar-refractivity contribution in [2.75, 3.05) is 4.90 Å². The molecule has 7 heteroatoms. The molecule has 4 rings (SSSR count). The van der Waals surface area contributed by atoms with Gasteiger partial charge in [-0.3, -0.25) is 14.9 Å². The number of rotatable bonds is 6. The van der Waals surface area contributed by atoms with Gasteiger partial charge in [0.1, 0.15) is 17.9 Å². The molecule has 4 amide bonds. The molecule has 1 fully saturated rings. The van der Waals surface area contributed by atoms with E-state index < -0.39 is 17.8 Å². The van der Waals surface area contributed by atoms with Crippen LogP contribution in [0, 0.1) is 6.92 Å².